The predicted octanol–water partition coefficient (Wildman–Crippen LogP) is 3.46. The van der Waals surface area contributed by atoms with Crippen LogP contribution in [0, 0.1) is 0 Å². The Morgan fingerprint density at radius 3 is 2.59 bits per heavy atom. The second-order valence-corrected chi connectivity index (χ2v) is 8.70. The van der Waals surface area contributed by atoms with Crippen molar-refractivity contribution in [2.75, 3.05) is 18.0 Å². The Morgan fingerprint density at radius 1 is 1.19 bits per heavy atom. The zero-order valence-corrected chi connectivity index (χ0v) is 16.6. The largest absolute Gasteiger partial charge is 0.312 e. The molecule has 1 heterocycles. The van der Waals surface area contributed by atoms with Crippen molar-refractivity contribution in [3.05, 3.63) is 59.7 Å². The average Bonchev–Trinajstić information content (AvgIpc) is 2.68. The SMILES string of the molecule is CCC(CNS(=O)(=O)c1ccc2c(c1)CCCN2C(C)=O)c1ccccc1. The normalized spacial score (nSPS) is 15.3. The molecule has 0 fully saturated rings. The molecule has 0 bridgehead atoms. The van der Waals surface area contributed by atoms with E-state index >= 15 is 0 Å². The van der Waals surface area contributed by atoms with Crippen LogP contribution in [-0.4, -0.2) is 27.4 Å². The predicted molar refractivity (Wildman–Crippen MR) is 107 cm³/mol. The molecule has 0 radical (unpaired) electrons. The average molecular weight is 387 g/mol. The van der Waals surface area contributed by atoms with Gasteiger partial charge < -0.3 is 4.90 Å². The van der Waals surface area contributed by atoms with Crippen molar-refractivity contribution in [2.24, 2.45) is 0 Å². The third kappa shape index (κ3) is 4.39. The monoisotopic (exact) mass is 386 g/mol. The van der Waals surface area contributed by atoms with Crippen LogP contribution in [0.4, 0.5) is 5.69 Å². The highest BCUT2D eigenvalue weighted by atomic mass is 32.2. The van der Waals surface area contributed by atoms with Crippen LogP contribution >= 0.6 is 0 Å². The summed E-state index contributed by atoms with van der Waals surface area (Å²) in [6.07, 6.45) is 2.48. The Morgan fingerprint density at radius 2 is 1.93 bits per heavy atom. The molecule has 0 saturated heterocycles. The number of nitrogens with one attached hydrogen (secondary N) is 1. The quantitative estimate of drug-likeness (QED) is 0.827. The second-order valence-electron chi connectivity index (χ2n) is 6.93. The third-order valence-electron chi connectivity index (χ3n) is 5.14. The van der Waals surface area contributed by atoms with Gasteiger partial charge in [0.2, 0.25) is 15.9 Å². The highest BCUT2D eigenvalue weighted by molar-refractivity contribution is 7.89. The van der Waals surface area contributed by atoms with Crippen LogP contribution in [-0.2, 0) is 21.2 Å². The van der Waals surface area contributed by atoms with Crippen molar-refractivity contribution in [3.63, 3.8) is 0 Å². The van der Waals surface area contributed by atoms with Gasteiger partial charge in [0.25, 0.3) is 0 Å². The van der Waals surface area contributed by atoms with Gasteiger partial charge >= 0.3 is 0 Å². The zero-order chi connectivity index (χ0) is 19.4. The topological polar surface area (TPSA) is 66.5 Å². The highest BCUT2D eigenvalue weighted by Gasteiger charge is 2.23. The number of rotatable bonds is 6. The van der Waals surface area contributed by atoms with Gasteiger partial charge in [-0.25, -0.2) is 13.1 Å². The fraction of sp³-hybridized carbons (Fsp3) is 0.381. The van der Waals surface area contributed by atoms with Crippen LogP contribution in [0.15, 0.2) is 53.4 Å². The lowest BCUT2D eigenvalue weighted by Crippen LogP contribution is -2.34. The fourth-order valence-corrected chi connectivity index (χ4v) is 4.72. The van der Waals surface area contributed by atoms with Crippen LogP contribution < -0.4 is 9.62 Å². The van der Waals surface area contributed by atoms with Gasteiger partial charge in [-0.2, -0.15) is 0 Å². The number of carbonyl (C=O) groups is 1. The van der Waals surface area contributed by atoms with Gasteiger partial charge in [-0.15, -0.1) is 0 Å². The van der Waals surface area contributed by atoms with Crippen molar-refractivity contribution in [1.29, 1.82) is 0 Å². The highest BCUT2D eigenvalue weighted by Crippen LogP contribution is 2.29. The summed E-state index contributed by atoms with van der Waals surface area (Å²) >= 11 is 0. The van der Waals surface area contributed by atoms with E-state index in [0.29, 0.717) is 13.1 Å². The Balaban J connectivity index is 1.78. The van der Waals surface area contributed by atoms with E-state index in [9.17, 15) is 13.2 Å². The summed E-state index contributed by atoms with van der Waals surface area (Å²) in [5, 5.41) is 0. The minimum Gasteiger partial charge on any atom is -0.312 e. The standard InChI is InChI=1S/C21H26N2O3S/c1-3-17(18-8-5-4-6-9-18)15-22-27(25,26)20-11-12-21-19(14-20)10-7-13-23(21)16(2)24/h4-6,8-9,11-12,14,17,22H,3,7,10,13,15H2,1-2H3. The first-order valence-electron chi connectivity index (χ1n) is 9.38. The van der Waals surface area contributed by atoms with Crippen LogP contribution in [0.2, 0.25) is 0 Å². The van der Waals surface area contributed by atoms with Crippen LogP contribution in [0.25, 0.3) is 0 Å². The number of fused-ring (bicyclic) bond motifs is 1. The molecule has 1 N–H and O–H groups in total. The van der Waals surface area contributed by atoms with Crippen molar-refractivity contribution >= 4 is 21.6 Å². The molecular weight excluding hydrogens is 360 g/mol. The van der Waals surface area contributed by atoms with E-state index < -0.39 is 10.0 Å². The summed E-state index contributed by atoms with van der Waals surface area (Å²) in [7, 11) is -3.60. The molecule has 1 aliphatic heterocycles. The van der Waals surface area contributed by atoms with Crippen molar-refractivity contribution in [1.82, 2.24) is 4.72 Å². The Bertz CT molecular complexity index is 910. The van der Waals surface area contributed by atoms with Gasteiger partial charge in [0, 0.05) is 25.7 Å². The molecule has 5 nitrogen and oxygen atoms in total. The lowest BCUT2D eigenvalue weighted by Gasteiger charge is -2.29. The van der Waals surface area contributed by atoms with Gasteiger partial charge in [0.15, 0.2) is 0 Å². The zero-order valence-electron chi connectivity index (χ0n) is 15.8. The number of nitrogens with zero attached hydrogens (tertiary/aromatic N) is 1. The number of anilines is 1. The molecule has 2 aromatic carbocycles. The Labute approximate surface area is 161 Å². The van der Waals surface area contributed by atoms with E-state index in [1.54, 1.807) is 23.1 Å². The number of carbonyl (C=O) groups excluding carboxylic acids is 1. The summed E-state index contributed by atoms with van der Waals surface area (Å²) < 4.78 is 28.3. The summed E-state index contributed by atoms with van der Waals surface area (Å²) in [6, 6.07) is 15.0. The lowest BCUT2D eigenvalue weighted by molar-refractivity contribution is -0.116. The van der Waals surface area contributed by atoms with Gasteiger partial charge in [-0.05, 0) is 54.5 Å². The Hall–Kier alpha value is -2.18. The van der Waals surface area contributed by atoms with E-state index in [-0.39, 0.29) is 16.7 Å². The van der Waals surface area contributed by atoms with E-state index in [4.69, 9.17) is 0 Å². The number of sulfonamides is 1. The summed E-state index contributed by atoms with van der Waals surface area (Å²) in [4.78, 5) is 13.8. The van der Waals surface area contributed by atoms with Crippen LogP contribution in [0.1, 0.15) is 43.7 Å². The van der Waals surface area contributed by atoms with E-state index in [1.165, 1.54) is 6.92 Å². The molecule has 1 unspecified atom stereocenters. The molecule has 144 valence electrons. The van der Waals surface area contributed by atoms with Crippen molar-refractivity contribution in [2.45, 2.75) is 43.9 Å². The van der Waals surface area contributed by atoms with E-state index in [1.807, 2.05) is 30.3 Å². The summed E-state index contributed by atoms with van der Waals surface area (Å²) in [5.74, 6) is 0.116. The first-order chi connectivity index (χ1) is 12.9. The summed E-state index contributed by atoms with van der Waals surface area (Å²) in [5.41, 5.74) is 2.86. The molecule has 0 aromatic heterocycles. The second kappa shape index (κ2) is 8.23. The number of hydrogen-bond acceptors (Lipinski definition) is 3. The molecule has 0 aliphatic carbocycles. The maximum absolute atomic E-state index is 12.8. The minimum absolute atomic E-state index is 0.0154. The van der Waals surface area contributed by atoms with E-state index in [0.717, 1.165) is 36.1 Å². The number of hydrogen-bond donors (Lipinski definition) is 1. The Kier molecular flexibility index (Phi) is 5.97. The number of aryl methyl sites for hydroxylation is 1. The minimum atomic E-state index is -3.60. The molecule has 1 atom stereocenters. The molecule has 1 amide bonds. The van der Waals surface area contributed by atoms with Gasteiger partial charge in [-0.3, -0.25) is 4.79 Å². The van der Waals surface area contributed by atoms with Crippen molar-refractivity contribution in [3.8, 4) is 0 Å². The van der Waals surface area contributed by atoms with Gasteiger partial charge in [0.05, 0.1) is 4.90 Å². The molecule has 0 spiro atoms. The van der Waals surface area contributed by atoms with Crippen molar-refractivity contribution < 1.29 is 13.2 Å². The third-order valence-corrected chi connectivity index (χ3v) is 6.56. The number of benzene rings is 2. The first-order valence-corrected chi connectivity index (χ1v) is 10.9. The van der Waals surface area contributed by atoms with Crippen LogP contribution in [0.3, 0.4) is 0 Å². The molecule has 2 aromatic rings. The first kappa shape index (κ1) is 19.6. The van der Waals surface area contributed by atoms with Crippen LogP contribution in [0.5, 0.6) is 0 Å². The summed E-state index contributed by atoms with van der Waals surface area (Å²) in [6.45, 7) is 4.64. The number of amides is 1. The maximum atomic E-state index is 12.8. The molecular formula is C21H26N2O3S. The molecule has 1 aliphatic rings. The smallest absolute Gasteiger partial charge is 0.240 e. The van der Waals surface area contributed by atoms with Gasteiger partial charge in [0.1, 0.15) is 0 Å². The molecule has 6 heteroatoms. The maximum Gasteiger partial charge on any atom is 0.240 e. The van der Waals surface area contributed by atoms with E-state index in [2.05, 4.69) is 11.6 Å². The van der Waals surface area contributed by atoms with Gasteiger partial charge in [-0.1, -0.05) is 37.3 Å². The lowest BCUT2D eigenvalue weighted by atomic mass is 9.97. The molecule has 27 heavy (non-hydrogen) atoms. The molecule has 0 saturated carbocycles. The fourth-order valence-electron chi connectivity index (χ4n) is 3.58. The molecule has 3 rings (SSSR count).